The third-order valence-electron chi connectivity index (χ3n) is 2.33. The Hall–Kier alpha value is -0.520. The zero-order chi connectivity index (χ0) is 8.48. The van der Waals surface area contributed by atoms with Crippen molar-refractivity contribution in [1.82, 2.24) is 4.90 Å². The summed E-state index contributed by atoms with van der Waals surface area (Å²) >= 11 is 0. The molecular weight excluding hydrogens is 138 g/mol. The third kappa shape index (κ3) is 1.55. The molecule has 0 bridgehead atoms. The molecule has 0 spiro atoms. The largest absolute Gasteiger partial charge is 0.379 e. The molecule has 1 saturated heterocycles. The van der Waals surface area contributed by atoms with E-state index in [0.29, 0.717) is 6.10 Å². The zero-order valence-electron chi connectivity index (χ0n) is 7.42. The lowest BCUT2D eigenvalue weighted by Crippen LogP contribution is -2.59. The maximum absolute atomic E-state index is 5.37. The van der Waals surface area contributed by atoms with E-state index in [1.54, 1.807) is 7.11 Å². The van der Waals surface area contributed by atoms with Gasteiger partial charge in [0, 0.05) is 20.2 Å². The van der Waals surface area contributed by atoms with E-state index in [1.807, 2.05) is 0 Å². The van der Waals surface area contributed by atoms with Crippen LogP contribution < -0.4 is 0 Å². The van der Waals surface area contributed by atoms with Crippen molar-refractivity contribution in [3.63, 3.8) is 0 Å². The first kappa shape index (κ1) is 8.58. The molecule has 0 aromatic carbocycles. The lowest BCUT2D eigenvalue weighted by atomic mass is 9.98. The molecule has 0 atom stereocenters. The minimum absolute atomic E-state index is 0.102. The number of ether oxygens (including phenoxy) is 1. The van der Waals surface area contributed by atoms with Crippen molar-refractivity contribution in [3.05, 3.63) is 0 Å². The molecule has 1 rings (SSSR count). The summed E-state index contributed by atoms with van der Waals surface area (Å²) in [5.41, 5.74) is -0.102. The standard InChI is InChI=1S/C9H15NO/c1-5-9(2,3)10-6-8(7-10)11-4/h1,8H,6-7H2,2-4H3. The quantitative estimate of drug-likeness (QED) is 0.542. The molecule has 0 radical (unpaired) electrons. The van der Waals surface area contributed by atoms with Gasteiger partial charge in [-0.25, -0.2) is 0 Å². The summed E-state index contributed by atoms with van der Waals surface area (Å²) in [6, 6.07) is 0. The number of likely N-dealkylation sites (tertiary alicyclic amines) is 1. The highest BCUT2D eigenvalue weighted by molar-refractivity contribution is 5.11. The van der Waals surface area contributed by atoms with Gasteiger partial charge in [0.05, 0.1) is 11.6 Å². The summed E-state index contributed by atoms with van der Waals surface area (Å²) in [4.78, 5) is 2.24. The van der Waals surface area contributed by atoms with E-state index in [0.717, 1.165) is 13.1 Å². The molecule has 0 unspecified atom stereocenters. The first-order chi connectivity index (χ1) is 5.10. The van der Waals surface area contributed by atoms with Crippen LogP contribution in [0, 0.1) is 12.3 Å². The van der Waals surface area contributed by atoms with E-state index in [2.05, 4.69) is 24.7 Å². The highest BCUT2D eigenvalue weighted by Gasteiger charge is 2.35. The smallest absolute Gasteiger partial charge is 0.0825 e. The predicted molar refractivity (Wildman–Crippen MR) is 45.3 cm³/mol. The van der Waals surface area contributed by atoms with Crippen LogP contribution >= 0.6 is 0 Å². The number of terminal acetylenes is 1. The highest BCUT2D eigenvalue weighted by atomic mass is 16.5. The van der Waals surface area contributed by atoms with Gasteiger partial charge in [-0.05, 0) is 13.8 Å². The lowest BCUT2D eigenvalue weighted by Gasteiger charge is -2.45. The van der Waals surface area contributed by atoms with Crippen LogP contribution in [0.1, 0.15) is 13.8 Å². The first-order valence-corrected chi connectivity index (χ1v) is 3.86. The number of hydrogen-bond acceptors (Lipinski definition) is 2. The summed E-state index contributed by atoms with van der Waals surface area (Å²) < 4.78 is 5.15. The first-order valence-electron chi connectivity index (χ1n) is 3.86. The predicted octanol–water partition coefficient (Wildman–Crippen LogP) is 0.729. The maximum atomic E-state index is 5.37. The number of hydrogen-bond donors (Lipinski definition) is 0. The van der Waals surface area contributed by atoms with Crippen LogP contribution in [-0.2, 0) is 4.74 Å². The van der Waals surface area contributed by atoms with E-state index in [1.165, 1.54) is 0 Å². The Labute approximate surface area is 68.5 Å². The van der Waals surface area contributed by atoms with E-state index >= 15 is 0 Å². The molecule has 62 valence electrons. The van der Waals surface area contributed by atoms with Crippen molar-refractivity contribution in [2.45, 2.75) is 25.5 Å². The normalized spacial score (nSPS) is 20.9. The monoisotopic (exact) mass is 153 g/mol. The van der Waals surface area contributed by atoms with Crippen LogP contribution in [0.4, 0.5) is 0 Å². The van der Waals surface area contributed by atoms with Gasteiger partial charge in [-0.15, -0.1) is 6.42 Å². The summed E-state index contributed by atoms with van der Waals surface area (Å²) in [5.74, 6) is 2.76. The van der Waals surface area contributed by atoms with Gasteiger partial charge in [-0.3, -0.25) is 4.90 Å². The molecule has 11 heavy (non-hydrogen) atoms. The Bertz CT molecular complexity index is 174. The van der Waals surface area contributed by atoms with Gasteiger partial charge >= 0.3 is 0 Å². The molecule has 0 aliphatic carbocycles. The Morgan fingerprint density at radius 3 is 2.45 bits per heavy atom. The summed E-state index contributed by atoms with van der Waals surface area (Å²) in [6.07, 6.45) is 5.76. The Morgan fingerprint density at radius 1 is 1.55 bits per heavy atom. The van der Waals surface area contributed by atoms with Crippen molar-refractivity contribution in [2.75, 3.05) is 20.2 Å². The van der Waals surface area contributed by atoms with Gasteiger partial charge < -0.3 is 4.74 Å². The van der Waals surface area contributed by atoms with Crippen molar-refractivity contribution in [3.8, 4) is 12.3 Å². The molecule has 0 saturated carbocycles. The topological polar surface area (TPSA) is 12.5 Å². The van der Waals surface area contributed by atoms with Gasteiger partial charge in [-0.2, -0.15) is 0 Å². The van der Waals surface area contributed by atoms with Crippen LogP contribution in [0.2, 0.25) is 0 Å². The third-order valence-corrected chi connectivity index (χ3v) is 2.33. The minimum atomic E-state index is -0.102. The molecule has 0 aromatic heterocycles. The molecule has 2 nitrogen and oxygen atoms in total. The average Bonchev–Trinajstić information content (AvgIpc) is 1.85. The molecule has 2 heteroatoms. The van der Waals surface area contributed by atoms with Gasteiger partial charge in [0.15, 0.2) is 0 Å². The van der Waals surface area contributed by atoms with Crippen molar-refractivity contribution in [2.24, 2.45) is 0 Å². The summed E-state index contributed by atoms with van der Waals surface area (Å²) in [7, 11) is 1.74. The fourth-order valence-electron chi connectivity index (χ4n) is 1.13. The SMILES string of the molecule is C#CC(C)(C)N1CC(OC)C1. The fourth-order valence-corrected chi connectivity index (χ4v) is 1.13. The second-order valence-corrected chi connectivity index (χ2v) is 3.47. The van der Waals surface area contributed by atoms with Crippen molar-refractivity contribution >= 4 is 0 Å². The maximum Gasteiger partial charge on any atom is 0.0825 e. The molecule has 0 aromatic rings. The molecule has 1 heterocycles. The average molecular weight is 153 g/mol. The zero-order valence-corrected chi connectivity index (χ0v) is 7.42. The minimum Gasteiger partial charge on any atom is -0.379 e. The second kappa shape index (κ2) is 2.84. The summed E-state index contributed by atoms with van der Waals surface area (Å²) in [5, 5.41) is 0. The van der Waals surface area contributed by atoms with Crippen LogP contribution in [0.15, 0.2) is 0 Å². The Kier molecular flexibility index (Phi) is 2.22. The van der Waals surface area contributed by atoms with Crippen LogP contribution in [0.25, 0.3) is 0 Å². The van der Waals surface area contributed by atoms with Gasteiger partial charge in [0.2, 0.25) is 0 Å². The highest BCUT2D eigenvalue weighted by Crippen LogP contribution is 2.21. The lowest BCUT2D eigenvalue weighted by molar-refractivity contribution is -0.0598. The van der Waals surface area contributed by atoms with E-state index < -0.39 is 0 Å². The van der Waals surface area contributed by atoms with E-state index in [-0.39, 0.29) is 5.54 Å². The molecule has 1 aliphatic rings. The molecule has 0 amide bonds. The molecule has 1 fully saturated rings. The van der Waals surface area contributed by atoms with Crippen molar-refractivity contribution < 1.29 is 4.74 Å². The second-order valence-electron chi connectivity index (χ2n) is 3.47. The number of methoxy groups -OCH3 is 1. The molecule has 0 N–H and O–H groups in total. The Balaban J connectivity index is 2.39. The van der Waals surface area contributed by atoms with Gasteiger partial charge in [-0.1, -0.05) is 5.92 Å². The van der Waals surface area contributed by atoms with Crippen molar-refractivity contribution in [1.29, 1.82) is 0 Å². The number of rotatable bonds is 2. The van der Waals surface area contributed by atoms with E-state index in [9.17, 15) is 0 Å². The van der Waals surface area contributed by atoms with Crippen LogP contribution in [0.5, 0.6) is 0 Å². The van der Waals surface area contributed by atoms with Gasteiger partial charge in [0.1, 0.15) is 0 Å². The van der Waals surface area contributed by atoms with Gasteiger partial charge in [0.25, 0.3) is 0 Å². The van der Waals surface area contributed by atoms with E-state index in [4.69, 9.17) is 11.2 Å². The Morgan fingerprint density at radius 2 is 2.09 bits per heavy atom. The van der Waals surface area contributed by atoms with Crippen LogP contribution in [-0.4, -0.2) is 36.7 Å². The molecule has 1 aliphatic heterocycles. The van der Waals surface area contributed by atoms with Crippen LogP contribution in [0.3, 0.4) is 0 Å². The molecular formula is C9H15NO. The summed E-state index contributed by atoms with van der Waals surface area (Å²) in [6.45, 7) is 6.04. The fraction of sp³-hybridized carbons (Fsp3) is 0.778. The number of nitrogens with zero attached hydrogens (tertiary/aromatic N) is 1.